The summed E-state index contributed by atoms with van der Waals surface area (Å²) in [5.41, 5.74) is 1.42. The van der Waals surface area contributed by atoms with E-state index in [2.05, 4.69) is 46.9 Å². The van der Waals surface area contributed by atoms with Gasteiger partial charge in [0.15, 0.2) is 0 Å². The second-order valence-corrected chi connectivity index (χ2v) is 6.48. The number of fused-ring (bicyclic) bond motifs is 1. The highest BCUT2D eigenvalue weighted by Crippen LogP contribution is 2.35. The van der Waals surface area contributed by atoms with Gasteiger partial charge in [0.25, 0.3) is 0 Å². The van der Waals surface area contributed by atoms with Gasteiger partial charge in [0.05, 0.1) is 5.52 Å². The normalized spacial score (nSPS) is 18.3. The van der Waals surface area contributed by atoms with Crippen LogP contribution in [0.5, 0.6) is 0 Å². The van der Waals surface area contributed by atoms with Gasteiger partial charge in [-0.15, -0.1) is 0 Å². The summed E-state index contributed by atoms with van der Waals surface area (Å²) in [6.45, 7) is 1.02. The molecule has 102 valence electrons. The van der Waals surface area contributed by atoms with Gasteiger partial charge < -0.3 is 10.2 Å². The summed E-state index contributed by atoms with van der Waals surface area (Å²) >= 11 is 1.58. The molecule has 1 heterocycles. The van der Waals surface area contributed by atoms with Gasteiger partial charge >= 0.3 is 0 Å². The lowest BCUT2D eigenvalue weighted by Crippen LogP contribution is -2.47. The second-order valence-electron chi connectivity index (χ2n) is 5.71. The summed E-state index contributed by atoms with van der Waals surface area (Å²) in [5, 5.41) is 6.11. The molecule has 0 bridgehead atoms. The van der Waals surface area contributed by atoms with Crippen LogP contribution in [-0.4, -0.2) is 35.5 Å². The largest absolute Gasteiger partial charge is 0.373 e. The molecule has 1 fully saturated rings. The highest BCUT2D eigenvalue weighted by atomic mass is 32.1. The van der Waals surface area contributed by atoms with E-state index in [1.807, 2.05) is 6.07 Å². The van der Waals surface area contributed by atoms with Crippen molar-refractivity contribution in [2.45, 2.75) is 31.2 Å². The molecule has 2 aromatic rings. The van der Waals surface area contributed by atoms with Crippen LogP contribution in [0.3, 0.4) is 0 Å². The van der Waals surface area contributed by atoms with Crippen molar-refractivity contribution < 1.29 is 0 Å². The molecule has 3 rings (SSSR count). The molecular formula is C15H21N3S. The number of hydrogen-bond donors (Lipinski definition) is 1. The molecule has 0 aliphatic heterocycles. The van der Waals surface area contributed by atoms with Crippen LogP contribution < -0.4 is 5.32 Å². The monoisotopic (exact) mass is 275 g/mol. The Kier molecular flexibility index (Phi) is 3.46. The molecular weight excluding hydrogens is 254 g/mol. The van der Waals surface area contributed by atoms with E-state index in [9.17, 15) is 0 Å². The SMILES string of the molecule is CN(C)C1(CNc2snc3ccccc23)CCCC1. The van der Waals surface area contributed by atoms with Gasteiger partial charge in [-0.1, -0.05) is 25.0 Å². The molecule has 0 amide bonds. The summed E-state index contributed by atoms with van der Waals surface area (Å²) in [5.74, 6) is 0. The van der Waals surface area contributed by atoms with E-state index in [-0.39, 0.29) is 0 Å². The lowest BCUT2D eigenvalue weighted by atomic mass is 9.96. The molecule has 0 saturated heterocycles. The summed E-state index contributed by atoms with van der Waals surface area (Å²) in [7, 11) is 4.41. The van der Waals surface area contributed by atoms with E-state index in [4.69, 9.17) is 0 Å². The van der Waals surface area contributed by atoms with Crippen LogP contribution in [0.1, 0.15) is 25.7 Å². The molecule has 0 atom stereocenters. The van der Waals surface area contributed by atoms with E-state index in [0.717, 1.165) is 12.1 Å². The van der Waals surface area contributed by atoms with Crippen LogP contribution in [0, 0.1) is 0 Å². The van der Waals surface area contributed by atoms with Crippen LogP contribution in [0.25, 0.3) is 10.9 Å². The number of likely N-dealkylation sites (N-methyl/N-ethyl adjacent to an activating group) is 1. The number of benzene rings is 1. The number of aromatic nitrogens is 1. The molecule has 19 heavy (non-hydrogen) atoms. The zero-order valence-corrected chi connectivity index (χ0v) is 12.5. The van der Waals surface area contributed by atoms with E-state index in [0.29, 0.717) is 5.54 Å². The van der Waals surface area contributed by atoms with E-state index in [1.165, 1.54) is 36.1 Å². The van der Waals surface area contributed by atoms with Crippen molar-refractivity contribution in [3.05, 3.63) is 24.3 Å². The van der Waals surface area contributed by atoms with Crippen LogP contribution in [0.15, 0.2) is 24.3 Å². The Morgan fingerprint density at radius 2 is 2.00 bits per heavy atom. The first-order valence-electron chi connectivity index (χ1n) is 6.97. The quantitative estimate of drug-likeness (QED) is 0.924. The fraction of sp³-hybridized carbons (Fsp3) is 0.533. The molecule has 4 heteroatoms. The molecule has 0 radical (unpaired) electrons. The number of anilines is 1. The van der Waals surface area contributed by atoms with E-state index >= 15 is 0 Å². The second kappa shape index (κ2) is 5.10. The van der Waals surface area contributed by atoms with Crippen LogP contribution in [-0.2, 0) is 0 Å². The number of nitrogens with zero attached hydrogens (tertiary/aromatic N) is 2. The molecule has 1 aromatic carbocycles. The van der Waals surface area contributed by atoms with Crippen LogP contribution in [0.4, 0.5) is 5.00 Å². The molecule has 1 N–H and O–H groups in total. The predicted molar refractivity (Wildman–Crippen MR) is 83.0 cm³/mol. The van der Waals surface area contributed by atoms with Gasteiger partial charge in [-0.05, 0) is 50.6 Å². The first-order valence-corrected chi connectivity index (χ1v) is 7.74. The lowest BCUT2D eigenvalue weighted by Gasteiger charge is -2.36. The minimum absolute atomic E-state index is 0.324. The van der Waals surface area contributed by atoms with Crippen molar-refractivity contribution in [3.63, 3.8) is 0 Å². The fourth-order valence-corrected chi connectivity index (χ4v) is 3.83. The van der Waals surface area contributed by atoms with Crippen molar-refractivity contribution in [2.75, 3.05) is 26.0 Å². The summed E-state index contributed by atoms with van der Waals surface area (Å²) in [4.78, 5) is 2.40. The Morgan fingerprint density at radius 3 is 2.74 bits per heavy atom. The Balaban J connectivity index is 1.78. The van der Waals surface area contributed by atoms with Gasteiger partial charge in [0.1, 0.15) is 5.00 Å². The number of hydrogen-bond acceptors (Lipinski definition) is 4. The van der Waals surface area contributed by atoms with Gasteiger partial charge in [-0.2, -0.15) is 4.37 Å². The van der Waals surface area contributed by atoms with Crippen molar-refractivity contribution in [1.29, 1.82) is 0 Å². The highest BCUT2D eigenvalue weighted by molar-refractivity contribution is 7.11. The zero-order chi connectivity index (χ0) is 13.3. The number of rotatable bonds is 4. The smallest absolute Gasteiger partial charge is 0.117 e. The minimum atomic E-state index is 0.324. The summed E-state index contributed by atoms with van der Waals surface area (Å²) in [6.07, 6.45) is 5.29. The molecule has 3 nitrogen and oxygen atoms in total. The molecule has 0 unspecified atom stereocenters. The average Bonchev–Trinajstić information content (AvgIpc) is 3.04. The third-order valence-electron chi connectivity index (χ3n) is 4.44. The summed E-state index contributed by atoms with van der Waals surface area (Å²) < 4.78 is 4.50. The van der Waals surface area contributed by atoms with Crippen molar-refractivity contribution in [1.82, 2.24) is 9.27 Å². The van der Waals surface area contributed by atoms with Crippen molar-refractivity contribution in [3.8, 4) is 0 Å². The fourth-order valence-electron chi connectivity index (χ4n) is 3.08. The lowest BCUT2D eigenvalue weighted by molar-refractivity contribution is 0.172. The Bertz CT molecular complexity index is 555. The van der Waals surface area contributed by atoms with Gasteiger partial charge in [-0.3, -0.25) is 0 Å². The van der Waals surface area contributed by atoms with Crippen LogP contribution in [0.2, 0.25) is 0 Å². The molecule has 1 saturated carbocycles. The summed E-state index contributed by atoms with van der Waals surface area (Å²) in [6, 6.07) is 8.36. The average molecular weight is 275 g/mol. The van der Waals surface area contributed by atoms with E-state index in [1.54, 1.807) is 11.5 Å². The Hall–Kier alpha value is -1.13. The first-order chi connectivity index (χ1) is 9.21. The minimum Gasteiger partial charge on any atom is -0.373 e. The van der Waals surface area contributed by atoms with Crippen molar-refractivity contribution >= 4 is 27.4 Å². The Labute approximate surface area is 118 Å². The third kappa shape index (κ3) is 2.35. The predicted octanol–water partition coefficient (Wildman–Crippen LogP) is 3.58. The maximum Gasteiger partial charge on any atom is 0.117 e. The maximum atomic E-state index is 4.50. The zero-order valence-electron chi connectivity index (χ0n) is 11.6. The highest BCUT2D eigenvalue weighted by Gasteiger charge is 2.35. The molecule has 1 aliphatic carbocycles. The molecule has 0 spiro atoms. The molecule has 1 aromatic heterocycles. The maximum absolute atomic E-state index is 4.50. The standard InChI is InChI=1S/C15H21N3S/c1-18(2)15(9-5-6-10-15)11-16-14-12-7-3-4-8-13(12)17-19-14/h3-4,7-8,16H,5-6,9-11H2,1-2H3. The van der Waals surface area contributed by atoms with Gasteiger partial charge in [0, 0.05) is 17.5 Å². The van der Waals surface area contributed by atoms with Gasteiger partial charge in [0.2, 0.25) is 0 Å². The topological polar surface area (TPSA) is 28.2 Å². The van der Waals surface area contributed by atoms with E-state index < -0.39 is 0 Å². The Morgan fingerprint density at radius 1 is 1.26 bits per heavy atom. The third-order valence-corrected chi connectivity index (χ3v) is 5.28. The van der Waals surface area contributed by atoms with Gasteiger partial charge in [-0.25, -0.2) is 0 Å². The molecule has 1 aliphatic rings. The first kappa shape index (κ1) is 12.9. The number of nitrogens with one attached hydrogen (secondary N) is 1. The van der Waals surface area contributed by atoms with Crippen molar-refractivity contribution in [2.24, 2.45) is 0 Å². The van der Waals surface area contributed by atoms with Crippen LogP contribution >= 0.6 is 11.5 Å².